The maximum Gasteiger partial charge on any atom is 0.176 e. The Balaban J connectivity index is 2.58. The largest absolute Gasteiger partial charge is 0.305 e. The Morgan fingerprint density at radius 1 is 1.27 bits per heavy atom. The summed E-state index contributed by atoms with van der Waals surface area (Å²) >= 11 is 3.34. The van der Waals surface area contributed by atoms with Gasteiger partial charge in [0.1, 0.15) is 0 Å². The van der Waals surface area contributed by atoms with Gasteiger partial charge >= 0.3 is 0 Å². The third kappa shape index (κ3) is 4.58. The minimum Gasteiger partial charge on any atom is -0.305 e. The molecule has 2 nitrogen and oxygen atoms in total. The van der Waals surface area contributed by atoms with Gasteiger partial charge in [-0.25, -0.2) is 0 Å². The highest BCUT2D eigenvalue weighted by molar-refractivity contribution is 9.10. The normalized spacial score (nSPS) is 11.5. The molecule has 0 atom stereocenters. The van der Waals surface area contributed by atoms with E-state index in [-0.39, 0.29) is 11.3 Å². The highest BCUT2D eigenvalue weighted by Gasteiger charge is 2.12. The van der Waals surface area contributed by atoms with Crippen LogP contribution >= 0.6 is 15.9 Å². The van der Waals surface area contributed by atoms with Gasteiger partial charge in [0.2, 0.25) is 0 Å². The Hall–Kier alpha value is -0.670. The molecule has 0 amide bonds. The van der Waals surface area contributed by atoms with Crippen LogP contribution in [0.3, 0.4) is 0 Å². The van der Waals surface area contributed by atoms with Crippen molar-refractivity contribution >= 4 is 21.7 Å². The summed E-state index contributed by atoms with van der Waals surface area (Å²) in [6.07, 6.45) is 0. The number of halogens is 1. The molecule has 0 unspecified atom stereocenters. The van der Waals surface area contributed by atoms with Gasteiger partial charge < -0.3 is 5.32 Å². The predicted octanol–water partition coefficient (Wildman–Crippen LogP) is 3.02. The number of carbonyl (C=O) groups excluding carboxylic acids is 1. The standard InChI is InChI=1S/C12H16BrNO/c1-12(2,3)14-8-11(15)9-4-6-10(13)7-5-9/h4-7,14H,8H2,1-3H3. The summed E-state index contributed by atoms with van der Waals surface area (Å²) in [6, 6.07) is 7.42. The van der Waals surface area contributed by atoms with Gasteiger partial charge in [0.25, 0.3) is 0 Å². The maximum atomic E-state index is 11.7. The maximum absolute atomic E-state index is 11.7. The van der Waals surface area contributed by atoms with Crippen LogP contribution in [0.15, 0.2) is 28.7 Å². The smallest absolute Gasteiger partial charge is 0.176 e. The fraction of sp³-hybridized carbons (Fsp3) is 0.417. The van der Waals surface area contributed by atoms with E-state index in [2.05, 4.69) is 21.2 Å². The van der Waals surface area contributed by atoms with Crippen LogP contribution in [0.4, 0.5) is 0 Å². The molecule has 82 valence electrons. The zero-order chi connectivity index (χ0) is 11.5. The lowest BCUT2D eigenvalue weighted by Gasteiger charge is -2.19. The minimum atomic E-state index is -0.0228. The molecule has 0 bridgehead atoms. The molecule has 15 heavy (non-hydrogen) atoms. The molecule has 0 saturated carbocycles. The van der Waals surface area contributed by atoms with Gasteiger partial charge in [-0.3, -0.25) is 4.79 Å². The highest BCUT2D eigenvalue weighted by Crippen LogP contribution is 2.11. The summed E-state index contributed by atoms with van der Waals surface area (Å²) in [5.74, 6) is 0.123. The summed E-state index contributed by atoms with van der Waals surface area (Å²) in [5, 5.41) is 3.17. The van der Waals surface area contributed by atoms with Gasteiger partial charge in [0, 0.05) is 15.6 Å². The first-order valence-corrected chi connectivity index (χ1v) is 5.71. The SMILES string of the molecule is CC(C)(C)NCC(=O)c1ccc(Br)cc1. The van der Waals surface area contributed by atoms with Crippen LogP contribution in [0.2, 0.25) is 0 Å². The molecule has 1 aromatic carbocycles. The second-order valence-electron chi connectivity index (χ2n) is 4.53. The van der Waals surface area contributed by atoms with Gasteiger partial charge in [-0.05, 0) is 32.9 Å². The van der Waals surface area contributed by atoms with Crippen molar-refractivity contribution < 1.29 is 4.79 Å². The van der Waals surface area contributed by atoms with E-state index >= 15 is 0 Å². The molecule has 0 aliphatic heterocycles. The van der Waals surface area contributed by atoms with Crippen molar-refractivity contribution in [3.63, 3.8) is 0 Å². The van der Waals surface area contributed by atoms with E-state index in [1.807, 2.05) is 45.0 Å². The zero-order valence-electron chi connectivity index (χ0n) is 9.30. The fourth-order valence-corrected chi connectivity index (χ4v) is 1.35. The molecule has 0 fully saturated rings. The summed E-state index contributed by atoms with van der Waals surface area (Å²) < 4.78 is 0.989. The first-order valence-electron chi connectivity index (χ1n) is 4.92. The van der Waals surface area contributed by atoms with Crippen LogP contribution in [0.5, 0.6) is 0 Å². The molecule has 3 heteroatoms. The minimum absolute atomic E-state index is 0.0228. The van der Waals surface area contributed by atoms with Crippen molar-refractivity contribution in [2.45, 2.75) is 26.3 Å². The van der Waals surface area contributed by atoms with E-state index in [1.165, 1.54) is 0 Å². The van der Waals surface area contributed by atoms with Gasteiger partial charge in [0.15, 0.2) is 5.78 Å². The van der Waals surface area contributed by atoms with Crippen LogP contribution in [0.25, 0.3) is 0 Å². The average Bonchev–Trinajstić information content (AvgIpc) is 2.14. The topological polar surface area (TPSA) is 29.1 Å². The van der Waals surface area contributed by atoms with E-state index in [1.54, 1.807) is 0 Å². The van der Waals surface area contributed by atoms with E-state index in [4.69, 9.17) is 0 Å². The highest BCUT2D eigenvalue weighted by atomic mass is 79.9. The number of hydrogen-bond donors (Lipinski definition) is 1. The first-order chi connectivity index (χ1) is 6.88. The molecule has 0 aliphatic rings. The van der Waals surface area contributed by atoms with E-state index < -0.39 is 0 Å². The van der Waals surface area contributed by atoms with Crippen LogP contribution in [0.1, 0.15) is 31.1 Å². The number of hydrogen-bond acceptors (Lipinski definition) is 2. The molecule has 0 aromatic heterocycles. The molecule has 0 radical (unpaired) electrons. The number of ketones is 1. The number of Topliss-reactive ketones (excluding diaryl/α,β-unsaturated/α-hetero) is 1. The summed E-state index contributed by atoms with van der Waals surface area (Å²) in [5.41, 5.74) is 0.723. The van der Waals surface area contributed by atoms with E-state index in [0.717, 1.165) is 10.0 Å². The Morgan fingerprint density at radius 2 is 1.80 bits per heavy atom. The lowest BCUT2D eigenvalue weighted by atomic mass is 10.1. The van der Waals surface area contributed by atoms with Crippen molar-refractivity contribution in [1.82, 2.24) is 5.32 Å². The second-order valence-corrected chi connectivity index (χ2v) is 5.45. The van der Waals surface area contributed by atoms with Gasteiger partial charge in [-0.15, -0.1) is 0 Å². The monoisotopic (exact) mass is 269 g/mol. The lowest BCUT2D eigenvalue weighted by molar-refractivity contribution is 0.0982. The van der Waals surface area contributed by atoms with Crippen molar-refractivity contribution in [1.29, 1.82) is 0 Å². The Bertz CT molecular complexity index is 338. The number of rotatable bonds is 3. The van der Waals surface area contributed by atoms with E-state index in [9.17, 15) is 4.79 Å². The van der Waals surface area contributed by atoms with Gasteiger partial charge in [-0.1, -0.05) is 28.1 Å². The van der Waals surface area contributed by atoms with E-state index in [0.29, 0.717) is 6.54 Å². The number of benzene rings is 1. The van der Waals surface area contributed by atoms with Crippen molar-refractivity contribution in [3.8, 4) is 0 Å². The molecule has 1 rings (SSSR count). The zero-order valence-corrected chi connectivity index (χ0v) is 10.9. The van der Waals surface area contributed by atoms with Gasteiger partial charge in [-0.2, -0.15) is 0 Å². The second kappa shape index (κ2) is 4.90. The molecular weight excluding hydrogens is 254 g/mol. The Labute approximate surface area is 99.2 Å². The third-order valence-corrected chi connectivity index (χ3v) is 2.47. The predicted molar refractivity (Wildman–Crippen MR) is 66.2 cm³/mol. The Kier molecular flexibility index (Phi) is 4.05. The van der Waals surface area contributed by atoms with Crippen LogP contribution < -0.4 is 5.32 Å². The first kappa shape index (κ1) is 12.4. The van der Waals surface area contributed by atoms with Gasteiger partial charge in [0.05, 0.1) is 6.54 Å². The molecule has 1 N–H and O–H groups in total. The molecule has 0 spiro atoms. The Morgan fingerprint density at radius 3 is 2.27 bits per heavy atom. The number of nitrogens with one attached hydrogen (secondary N) is 1. The third-order valence-electron chi connectivity index (χ3n) is 1.95. The summed E-state index contributed by atoms with van der Waals surface area (Å²) in [7, 11) is 0. The van der Waals surface area contributed by atoms with Crippen molar-refractivity contribution in [2.24, 2.45) is 0 Å². The number of carbonyl (C=O) groups is 1. The average molecular weight is 270 g/mol. The molecule has 0 heterocycles. The van der Waals surface area contributed by atoms with Crippen LogP contribution in [-0.2, 0) is 0 Å². The molecule has 0 aliphatic carbocycles. The van der Waals surface area contributed by atoms with Crippen molar-refractivity contribution in [3.05, 3.63) is 34.3 Å². The molecule has 0 saturated heterocycles. The molecular formula is C12H16BrNO. The quantitative estimate of drug-likeness (QED) is 0.855. The summed E-state index contributed by atoms with van der Waals surface area (Å²) in [4.78, 5) is 11.7. The molecule has 1 aromatic rings. The summed E-state index contributed by atoms with van der Waals surface area (Å²) in [6.45, 7) is 6.51. The van der Waals surface area contributed by atoms with Crippen molar-refractivity contribution in [2.75, 3.05) is 6.54 Å². The lowest BCUT2D eigenvalue weighted by Crippen LogP contribution is -2.39. The van der Waals surface area contributed by atoms with Crippen LogP contribution in [0, 0.1) is 0 Å². The fourth-order valence-electron chi connectivity index (χ4n) is 1.08. The van der Waals surface area contributed by atoms with Crippen LogP contribution in [-0.4, -0.2) is 17.9 Å².